The molecule has 6 rings (SSSR count). The molecule has 5 nitrogen and oxygen atoms in total. The van der Waals surface area contributed by atoms with E-state index in [4.69, 9.17) is 9.72 Å². The summed E-state index contributed by atoms with van der Waals surface area (Å²) in [6.07, 6.45) is 0.564. The molecular weight excluding hydrogens is 371 g/mol. The van der Waals surface area contributed by atoms with E-state index in [-0.39, 0.29) is 18.6 Å². The van der Waals surface area contributed by atoms with Gasteiger partial charge in [-0.05, 0) is 42.9 Å². The fraction of sp³-hybridized carbons (Fsp3) is 0.391. The van der Waals surface area contributed by atoms with Crippen LogP contribution in [0.4, 0.5) is 4.39 Å². The molecule has 0 bridgehead atoms. The second-order valence-corrected chi connectivity index (χ2v) is 8.36. The SMILES string of the molecule is CC[C@]1(O)c2cc3n(c(=O)c2CO[C@H]1F)Cc1c-3nc2ccccc2c1C1CC1. The summed E-state index contributed by atoms with van der Waals surface area (Å²) in [7, 11) is 0. The lowest BCUT2D eigenvalue weighted by atomic mass is 9.85. The van der Waals surface area contributed by atoms with Gasteiger partial charge in [-0.15, -0.1) is 0 Å². The molecule has 1 N–H and O–H groups in total. The largest absolute Gasteiger partial charge is 0.379 e. The van der Waals surface area contributed by atoms with Crippen LogP contribution in [0.3, 0.4) is 0 Å². The maximum absolute atomic E-state index is 14.5. The average molecular weight is 392 g/mol. The van der Waals surface area contributed by atoms with Gasteiger partial charge in [-0.25, -0.2) is 9.37 Å². The number of halogens is 1. The van der Waals surface area contributed by atoms with E-state index in [0.717, 1.165) is 35.0 Å². The number of alkyl halides is 1. The number of hydrogen-bond acceptors (Lipinski definition) is 4. The summed E-state index contributed by atoms with van der Waals surface area (Å²) in [5.41, 5.74) is 3.37. The van der Waals surface area contributed by atoms with Gasteiger partial charge >= 0.3 is 0 Å². The molecule has 3 aromatic rings. The van der Waals surface area contributed by atoms with Gasteiger partial charge in [-0.2, -0.15) is 0 Å². The Morgan fingerprint density at radius 3 is 2.86 bits per heavy atom. The summed E-state index contributed by atoms with van der Waals surface area (Å²) >= 11 is 0. The molecule has 1 saturated carbocycles. The van der Waals surface area contributed by atoms with E-state index in [1.807, 2.05) is 18.2 Å². The molecular formula is C23H21FN2O3. The number of nitrogens with zero attached hydrogens (tertiary/aromatic N) is 2. The first-order chi connectivity index (χ1) is 14.0. The van der Waals surface area contributed by atoms with Gasteiger partial charge in [0.05, 0.1) is 30.1 Å². The predicted molar refractivity (Wildman–Crippen MR) is 106 cm³/mol. The summed E-state index contributed by atoms with van der Waals surface area (Å²) in [6, 6.07) is 9.85. The van der Waals surface area contributed by atoms with Crippen molar-refractivity contribution in [3.8, 4) is 11.4 Å². The Labute approximate surface area is 166 Å². The minimum Gasteiger partial charge on any atom is -0.379 e. The molecule has 4 heterocycles. The van der Waals surface area contributed by atoms with Gasteiger partial charge in [0, 0.05) is 22.1 Å². The number of aromatic nitrogens is 2. The quantitative estimate of drug-likeness (QED) is 0.565. The number of rotatable bonds is 2. The third kappa shape index (κ3) is 2.21. The van der Waals surface area contributed by atoms with Gasteiger partial charge in [-0.1, -0.05) is 25.1 Å². The highest BCUT2D eigenvalue weighted by atomic mass is 19.1. The smallest absolute Gasteiger partial charge is 0.257 e. The number of pyridine rings is 2. The Kier molecular flexibility index (Phi) is 3.42. The van der Waals surface area contributed by atoms with Crippen molar-refractivity contribution in [1.29, 1.82) is 0 Å². The van der Waals surface area contributed by atoms with Crippen LogP contribution in [0, 0.1) is 0 Å². The second kappa shape index (κ2) is 5.74. The first kappa shape index (κ1) is 17.3. The van der Waals surface area contributed by atoms with Gasteiger partial charge < -0.3 is 14.4 Å². The summed E-state index contributed by atoms with van der Waals surface area (Å²) < 4.78 is 21.3. The summed E-state index contributed by atoms with van der Waals surface area (Å²) in [5.74, 6) is 0.502. The summed E-state index contributed by atoms with van der Waals surface area (Å²) in [6.45, 7) is 2.03. The van der Waals surface area contributed by atoms with E-state index >= 15 is 0 Å². The maximum atomic E-state index is 14.5. The van der Waals surface area contributed by atoms with E-state index < -0.39 is 12.0 Å². The van der Waals surface area contributed by atoms with Crippen molar-refractivity contribution in [3.63, 3.8) is 0 Å². The van der Waals surface area contributed by atoms with Crippen molar-refractivity contribution in [1.82, 2.24) is 9.55 Å². The van der Waals surface area contributed by atoms with Gasteiger partial charge in [0.1, 0.15) is 5.60 Å². The molecule has 6 heteroatoms. The molecule has 2 atom stereocenters. The van der Waals surface area contributed by atoms with Crippen molar-refractivity contribution in [2.24, 2.45) is 0 Å². The molecule has 148 valence electrons. The standard InChI is InChI=1S/C23H21FN2O3/c1-2-23(28)16-9-18-20-14(10-26(18)21(27)15(16)11-29-22(23)24)19(12-7-8-12)13-5-3-4-6-17(13)25-20/h3-6,9,12,22,28H,2,7-8,10-11H2,1H3/t22-,23+/m1/s1. The third-order valence-electron chi connectivity index (χ3n) is 6.74. The Balaban J connectivity index is 1.66. The molecule has 3 aliphatic rings. The normalized spacial score (nSPS) is 25.0. The number of fused-ring (bicyclic) bond motifs is 5. The van der Waals surface area contributed by atoms with E-state index in [2.05, 4.69) is 6.07 Å². The minimum atomic E-state index is -1.85. The van der Waals surface area contributed by atoms with Crippen LogP contribution in [0.25, 0.3) is 22.3 Å². The van der Waals surface area contributed by atoms with Crippen LogP contribution in [-0.4, -0.2) is 21.0 Å². The zero-order valence-electron chi connectivity index (χ0n) is 16.1. The molecule has 29 heavy (non-hydrogen) atoms. The van der Waals surface area contributed by atoms with Crippen molar-refractivity contribution in [2.45, 2.75) is 57.2 Å². The van der Waals surface area contributed by atoms with Crippen LogP contribution in [0.5, 0.6) is 0 Å². The summed E-state index contributed by atoms with van der Waals surface area (Å²) in [5, 5.41) is 12.1. The van der Waals surface area contributed by atoms with Crippen LogP contribution in [0.15, 0.2) is 35.1 Å². The molecule has 0 radical (unpaired) electrons. The fourth-order valence-electron chi connectivity index (χ4n) is 4.98. The monoisotopic (exact) mass is 392 g/mol. The first-order valence-electron chi connectivity index (χ1n) is 10.2. The molecule has 1 aromatic carbocycles. The number of benzene rings is 1. The maximum Gasteiger partial charge on any atom is 0.257 e. The molecule has 2 aromatic heterocycles. The Morgan fingerprint density at radius 1 is 1.31 bits per heavy atom. The number of hydrogen-bond donors (Lipinski definition) is 1. The molecule has 0 unspecified atom stereocenters. The highest BCUT2D eigenvalue weighted by Gasteiger charge is 2.46. The number of aliphatic hydroxyl groups is 1. The van der Waals surface area contributed by atoms with Crippen LogP contribution in [0.2, 0.25) is 0 Å². The highest BCUT2D eigenvalue weighted by Crippen LogP contribution is 2.49. The highest BCUT2D eigenvalue weighted by molar-refractivity contribution is 5.89. The third-order valence-corrected chi connectivity index (χ3v) is 6.74. The molecule has 0 amide bonds. The fourth-order valence-corrected chi connectivity index (χ4v) is 4.98. The molecule has 0 saturated heterocycles. The van der Waals surface area contributed by atoms with E-state index in [1.54, 1.807) is 17.6 Å². The van der Waals surface area contributed by atoms with Gasteiger partial charge in [0.25, 0.3) is 5.56 Å². The van der Waals surface area contributed by atoms with Gasteiger partial charge in [-0.3, -0.25) is 4.79 Å². The Hall–Kier alpha value is -2.57. The van der Waals surface area contributed by atoms with Crippen LogP contribution >= 0.6 is 0 Å². The zero-order chi connectivity index (χ0) is 19.9. The molecule has 1 aliphatic carbocycles. The second-order valence-electron chi connectivity index (χ2n) is 8.36. The van der Waals surface area contributed by atoms with E-state index in [9.17, 15) is 14.3 Å². The molecule has 1 fully saturated rings. The topological polar surface area (TPSA) is 64.4 Å². The molecule has 2 aliphatic heterocycles. The lowest BCUT2D eigenvalue weighted by Crippen LogP contribution is -2.45. The van der Waals surface area contributed by atoms with Crippen molar-refractivity contribution in [3.05, 3.63) is 62.9 Å². The van der Waals surface area contributed by atoms with Crippen molar-refractivity contribution >= 4 is 10.9 Å². The van der Waals surface area contributed by atoms with Crippen molar-refractivity contribution < 1.29 is 14.2 Å². The minimum absolute atomic E-state index is 0.120. The Morgan fingerprint density at radius 2 is 2.10 bits per heavy atom. The van der Waals surface area contributed by atoms with E-state index in [0.29, 0.717) is 29.3 Å². The van der Waals surface area contributed by atoms with Crippen LogP contribution in [-0.2, 0) is 23.5 Å². The Bertz CT molecular complexity index is 1250. The number of ether oxygens (including phenoxy) is 1. The first-order valence-corrected chi connectivity index (χ1v) is 10.2. The van der Waals surface area contributed by atoms with Crippen LogP contribution < -0.4 is 5.56 Å². The van der Waals surface area contributed by atoms with Crippen molar-refractivity contribution in [2.75, 3.05) is 0 Å². The predicted octanol–water partition coefficient (Wildman–Crippen LogP) is 3.73. The molecule has 0 spiro atoms. The van der Waals surface area contributed by atoms with Crippen LogP contribution in [0.1, 0.15) is 54.4 Å². The lowest BCUT2D eigenvalue weighted by Gasteiger charge is -2.36. The summed E-state index contributed by atoms with van der Waals surface area (Å²) in [4.78, 5) is 18.2. The number of para-hydroxylation sites is 1. The van der Waals surface area contributed by atoms with Gasteiger partial charge in [0.15, 0.2) is 0 Å². The average Bonchev–Trinajstić information content (AvgIpc) is 3.50. The zero-order valence-corrected chi connectivity index (χ0v) is 16.1. The lowest BCUT2D eigenvalue weighted by molar-refractivity contribution is -0.198. The van der Waals surface area contributed by atoms with Gasteiger partial charge in [0.2, 0.25) is 6.36 Å². The van der Waals surface area contributed by atoms with E-state index in [1.165, 1.54) is 5.56 Å².